The van der Waals surface area contributed by atoms with Gasteiger partial charge in [-0.3, -0.25) is 19.3 Å². The second-order valence-corrected chi connectivity index (χ2v) is 8.54. The van der Waals surface area contributed by atoms with Crippen molar-refractivity contribution in [2.75, 3.05) is 18.4 Å². The SMILES string of the molecule is Cc1cccc(-c2n[nH]c(=S)n2CCC(=O)N2CCCC(C(=O)Nc3ccccc3)C2)c1. The molecular weight excluding hydrogens is 422 g/mol. The quantitative estimate of drug-likeness (QED) is 0.553. The summed E-state index contributed by atoms with van der Waals surface area (Å²) in [6.45, 7) is 3.59. The molecule has 0 aliphatic carbocycles. The van der Waals surface area contributed by atoms with Crippen LogP contribution in [-0.2, 0) is 16.1 Å². The number of aryl methyl sites for hydroxylation is 1. The van der Waals surface area contributed by atoms with E-state index in [1.165, 1.54) is 0 Å². The number of aromatic amines is 1. The molecule has 0 spiro atoms. The lowest BCUT2D eigenvalue weighted by Crippen LogP contribution is -2.44. The molecule has 2 N–H and O–H groups in total. The zero-order valence-electron chi connectivity index (χ0n) is 18.1. The van der Waals surface area contributed by atoms with E-state index in [0.29, 0.717) is 30.8 Å². The number of H-pyrrole nitrogens is 1. The minimum atomic E-state index is -0.202. The monoisotopic (exact) mass is 449 g/mol. The second kappa shape index (κ2) is 9.91. The van der Waals surface area contributed by atoms with Gasteiger partial charge in [-0.15, -0.1) is 0 Å². The fourth-order valence-electron chi connectivity index (χ4n) is 4.08. The van der Waals surface area contributed by atoms with Crippen molar-refractivity contribution in [1.29, 1.82) is 0 Å². The lowest BCUT2D eigenvalue weighted by Gasteiger charge is -2.32. The van der Waals surface area contributed by atoms with Gasteiger partial charge in [-0.25, -0.2) is 0 Å². The molecule has 1 atom stereocenters. The first-order chi connectivity index (χ1) is 15.5. The van der Waals surface area contributed by atoms with Crippen LogP contribution >= 0.6 is 12.2 Å². The molecule has 1 unspecified atom stereocenters. The topological polar surface area (TPSA) is 83.0 Å². The molecule has 1 aliphatic heterocycles. The zero-order chi connectivity index (χ0) is 22.5. The van der Waals surface area contributed by atoms with Crippen LogP contribution in [0.25, 0.3) is 11.4 Å². The molecule has 2 aromatic carbocycles. The van der Waals surface area contributed by atoms with Crippen molar-refractivity contribution in [3.05, 3.63) is 64.9 Å². The number of anilines is 1. The van der Waals surface area contributed by atoms with Gasteiger partial charge in [0.05, 0.1) is 5.92 Å². The molecule has 1 aromatic heterocycles. The van der Waals surface area contributed by atoms with Gasteiger partial charge in [-0.05, 0) is 50.2 Å². The van der Waals surface area contributed by atoms with Gasteiger partial charge in [0.15, 0.2) is 10.6 Å². The number of aromatic nitrogens is 3. The standard InChI is InChI=1S/C24H27N5O2S/c1-17-7-5-8-18(15-17)22-26-27-24(32)29(22)14-12-21(30)28-13-6-9-19(16-28)23(31)25-20-10-3-2-4-11-20/h2-5,7-8,10-11,15,19H,6,9,12-14,16H2,1H3,(H,25,31)(H,27,32). The van der Waals surface area contributed by atoms with E-state index in [1.54, 1.807) is 4.90 Å². The summed E-state index contributed by atoms with van der Waals surface area (Å²) in [5, 5.41) is 10.2. The molecule has 2 heterocycles. The van der Waals surface area contributed by atoms with Crippen LogP contribution in [0.1, 0.15) is 24.8 Å². The smallest absolute Gasteiger partial charge is 0.229 e. The van der Waals surface area contributed by atoms with E-state index in [1.807, 2.05) is 66.1 Å². The molecule has 1 aliphatic rings. The Morgan fingerprint density at radius 3 is 2.78 bits per heavy atom. The van der Waals surface area contributed by atoms with Gasteiger partial charge in [0.25, 0.3) is 0 Å². The van der Waals surface area contributed by atoms with E-state index >= 15 is 0 Å². The van der Waals surface area contributed by atoms with Gasteiger partial charge >= 0.3 is 0 Å². The molecule has 1 fully saturated rings. The third-order valence-electron chi connectivity index (χ3n) is 5.77. The number of benzene rings is 2. The highest BCUT2D eigenvalue weighted by atomic mass is 32.1. The Labute approximate surface area is 192 Å². The first-order valence-electron chi connectivity index (χ1n) is 10.9. The van der Waals surface area contributed by atoms with Gasteiger partial charge in [-0.1, -0.05) is 42.0 Å². The molecule has 7 nitrogen and oxygen atoms in total. The number of carbonyl (C=O) groups is 2. The summed E-state index contributed by atoms with van der Waals surface area (Å²) in [6, 6.07) is 17.4. The lowest BCUT2D eigenvalue weighted by molar-refractivity contribution is -0.134. The normalized spacial score (nSPS) is 16.0. The number of carbonyl (C=O) groups excluding carboxylic acids is 2. The third kappa shape index (κ3) is 5.13. The number of nitrogens with one attached hydrogen (secondary N) is 2. The molecule has 166 valence electrons. The molecule has 0 bridgehead atoms. The summed E-state index contributed by atoms with van der Waals surface area (Å²) in [4.78, 5) is 27.4. The number of likely N-dealkylation sites (tertiary alicyclic amines) is 1. The second-order valence-electron chi connectivity index (χ2n) is 8.16. The lowest BCUT2D eigenvalue weighted by atomic mass is 9.96. The average molecular weight is 450 g/mol. The summed E-state index contributed by atoms with van der Waals surface area (Å²) in [5.74, 6) is 0.519. The predicted molar refractivity (Wildman–Crippen MR) is 127 cm³/mol. The minimum absolute atomic E-state index is 0.0282. The Kier molecular flexibility index (Phi) is 6.80. The fraction of sp³-hybridized carbons (Fsp3) is 0.333. The Morgan fingerprint density at radius 1 is 1.19 bits per heavy atom. The van der Waals surface area contributed by atoms with Crippen molar-refractivity contribution in [2.24, 2.45) is 5.92 Å². The van der Waals surface area contributed by atoms with Crippen molar-refractivity contribution in [1.82, 2.24) is 19.7 Å². The molecule has 0 saturated carbocycles. The number of para-hydroxylation sites is 1. The van der Waals surface area contributed by atoms with Gasteiger partial charge < -0.3 is 10.2 Å². The van der Waals surface area contributed by atoms with Crippen LogP contribution in [0.3, 0.4) is 0 Å². The predicted octanol–water partition coefficient (Wildman–Crippen LogP) is 4.18. The number of nitrogens with zero attached hydrogens (tertiary/aromatic N) is 3. The Balaban J connectivity index is 1.38. The van der Waals surface area contributed by atoms with E-state index in [2.05, 4.69) is 15.5 Å². The van der Waals surface area contributed by atoms with E-state index in [0.717, 1.165) is 35.5 Å². The van der Waals surface area contributed by atoms with Crippen LogP contribution < -0.4 is 5.32 Å². The number of hydrogen-bond donors (Lipinski definition) is 2. The van der Waals surface area contributed by atoms with Gasteiger partial charge in [0.2, 0.25) is 11.8 Å². The summed E-state index contributed by atoms with van der Waals surface area (Å²) in [5.41, 5.74) is 2.87. The van der Waals surface area contributed by atoms with E-state index in [4.69, 9.17) is 12.2 Å². The minimum Gasteiger partial charge on any atom is -0.342 e. The maximum absolute atomic E-state index is 12.9. The van der Waals surface area contributed by atoms with Gasteiger partial charge in [-0.2, -0.15) is 5.10 Å². The summed E-state index contributed by atoms with van der Waals surface area (Å²) < 4.78 is 2.36. The number of hydrogen-bond acceptors (Lipinski definition) is 4. The van der Waals surface area contributed by atoms with Crippen molar-refractivity contribution in [2.45, 2.75) is 32.7 Å². The number of amides is 2. The van der Waals surface area contributed by atoms with Crippen molar-refractivity contribution < 1.29 is 9.59 Å². The molecule has 2 amide bonds. The van der Waals surface area contributed by atoms with Gasteiger partial charge in [0.1, 0.15) is 0 Å². The van der Waals surface area contributed by atoms with Crippen LogP contribution in [0.5, 0.6) is 0 Å². The average Bonchev–Trinajstić information content (AvgIpc) is 3.18. The highest BCUT2D eigenvalue weighted by Gasteiger charge is 2.28. The fourth-order valence-corrected chi connectivity index (χ4v) is 4.30. The molecule has 32 heavy (non-hydrogen) atoms. The van der Waals surface area contributed by atoms with Gasteiger partial charge in [0, 0.05) is 37.3 Å². The Bertz CT molecular complexity index is 1150. The maximum Gasteiger partial charge on any atom is 0.229 e. The first-order valence-corrected chi connectivity index (χ1v) is 11.3. The molecule has 3 aromatic rings. The Morgan fingerprint density at radius 2 is 2.00 bits per heavy atom. The summed E-state index contributed by atoms with van der Waals surface area (Å²) in [7, 11) is 0. The highest BCUT2D eigenvalue weighted by Crippen LogP contribution is 2.21. The largest absolute Gasteiger partial charge is 0.342 e. The highest BCUT2D eigenvalue weighted by molar-refractivity contribution is 7.71. The van der Waals surface area contributed by atoms with Crippen LogP contribution in [-0.4, -0.2) is 44.6 Å². The van der Waals surface area contributed by atoms with Crippen molar-refractivity contribution in [3.63, 3.8) is 0 Å². The zero-order valence-corrected chi connectivity index (χ0v) is 18.9. The molecule has 1 saturated heterocycles. The van der Waals surface area contributed by atoms with Crippen LogP contribution in [0, 0.1) is 17.6 Å². The number of rotatable bonds is 6. The number of piperidine rings is 1. The van der Waals surface area contributed by atoms with Crippen molar-refractivity contribution >= 4 is 29.7 Å². The third-order valence-corrected chi connectivity index (χ3v) is 6.08. The molecule has 4 rings (SSSR count). The van der Waals surface area contributed by atoms with Crippen LogP contribution in [0.15, 0.2) is 54.6 Å². The first kappa shape index (κ1) is 22.0. The van der Waals surface area contributed by atoms with E-state index < -0.39 is 0 Å². The van der Waals surface area contributed by atoms with Crippen LogP contribution in [0.4, 0.5) is 5.69 Å². The van der Waals surface area contributed by atoms with Crippen molar-refractivity contribution in [3.8, 4) is 11.4 Å². The summed E-state index contributed by atoms with van der Waals surface area (Å²) >= 11 is 5.40. The maximum atomic E-state index is 12.9. The summed E-state index contributed by atoms with van der Waals surface area (Å²) in [6.07, 6.45) is 1.91. The molecule has 8 heteroatoms. The Hall–Kier alpha value is -3.26. The molecular formula is C24H27N5O2S. The van der Waals surface area contributed by atoms with E-state index in [-0.39, 0.29) is 17.7 Å². The van der Waals surface area contributed by atoms with E-state index in [9.17, 15) is 9.59 Å². The molecule has 0 radical (unpaired) electrons. The van der Waals surface area contributed by atoms with Crippen LogP contribution in [0.2, 0.25) is 0 Å².